The summed E-state index contributed by atoms with van der Waals surface area (Å²) >= 11 is 0. The number of carbonyl (C=O) groups is 3. The van der Waals surface area contributed by atoms with Crippen molar-refractivity contribution in [3.8, 4) is 0 Å². The number of hydrogen-bond acceptors (Lipinski definition) is 5. The van der Waals surface area contributed by atoms with E-state index in [0.29, 0.717) is 12.4 Å². The average Bonchev–Trinajstić information content (AvgIpc) is 2.66. The van der Waals surface area contributed by atoms with Crippen molar-refractivity contribution in [2.24, 2.45) is 0 Å². The van der Waals surface area contributed by atoms with E-state index in [1.54, 1.807) is 31.1 Å². The van der Waals surface area contributed by atoms with E-state index in [2.05, 4.69) is 20.9 Å². The molecule has 1 aromatic heterocycles. The molecule has 2 rings (SSSR count). The van der Waals surface area contributed by atoms with E-state index in [9.17, 15) is 14.4 Å². The number of nitrogens with zero attached hydrogens (tertiary/aromatic N) is 2. The molecule has 1 atom stereocenters. The molecule has 4 amide bonds. The Kier molecular flexibility index (Phi) is 7.65. The van der Waals surface area contributed by atoms with E-state index in [1.807, 2.05) is 43.3 Å². The van der Waals surface area contributed by atoms with E-state index in [1.165, 1.54) is 0 Å². The summed E-state index contributed by atoms with van der Waals surface area (Å²) in [4.78, 5) is 41.9. The number of rotatable bonds is 7. The van der Waals surface area contributed by atoms with Crippen LogP contribution in [0.1, 0.15) is 18.1 Å². The number of aryl methyl sites for hydroxylation is 1. The van der Waals surface area contributed by atoms with E-state index >= 15 is 0 Å². The lowest BCUT2D eigenvalue weighted by Crippen LogP contribution is -2.49. The molecule has 0 aliphatic heterocycles. The number of imide groups is 1. The van der Waals surface area contributed by atoms with Gasteiger partial charge in [0.1, 0.15) is 5.82 Å². The Hall–Kier alpha value is -3.26. The van der Waals surface area contributed by atoms with Crippen molar-refractivity contribution >= 4 is 23.7 Å². The summed E-state index contributed by atoms with van der Waals surface area (Å²) in [6, 6.07) is 11.7. The van der Waals surface area contributed by atoms with Gasteiger partial charge in [-0.15, -0.1) is 0 Å². The summed E-state index contributed by atoms with van der Waals surface area (Å²) < 4.78 is 0. The topological polar surface area (TPSA) is 103 Å². The molecule has 0 radical (unpaired) electrons. The number of aromatic nitrogens is 1. The number of carbonyl (C=O) groups excluding carboxylic acids is 3. The van der Waals surface area contributed by atoms with Gasteiger partial charge in [0.25, 0.3) is 0 Å². The largest absolute Gasteiger partial charge is 0.334 e. The summed E-state index contributed by atoms with van der Waals surface area (Å²) in [5, 5.41) is 7.60. The number of anilines is 1. The van der Waals surface area contributed by atoms with E-state index in [-0.39, 0.29) is 12.5 Å². The Balaban J connectivity index is 1.77. The first-order valence-electron chi connectivity index (χ1n) is 8.90. The van der Waals surface area contributed by atoms with E-state index < -0.39 is 18.0 Å². The van der Waals surface area contributed by atoms with Gasteiger partial charge in [0, 0.05) is 12.7 Å². The van der Waals surface area contributed by atoms with Crippen molar-refractivity contribution in [3.63, 3.8) is 0 Å². The maximum absolute atomic E-state index is 12.2. The number of urea groups is 1. The standard InChI is InChI=1S/C20H25N5O3/c1-14-9-10-21-17(11-14)23-18(26)13-25(3)15(2)19(27)24-20(28)22-12-16-7-5-4-6-8-16/h4-11,15H,12-13H2,1-3H3,(H,21,23,26)(H2,22,24,27,28). The molecule has 0 saturated carbocycles. The monoisotopic (exact) mass is 383 g/mol. The van der Waals surface area contributed by atoms with Crippen molar-refractivity contribution < 1.29 is 14.4 Å². The molecule has 1 unspecified atom stereocenters. The minimum Gasteiger partial charge on any atom is -0.334 e. The van der Waals surface area contributed by atoms with Gasteiger partial charge >= 0.3 is 6.03 Å². The molecular weight excluding hydrogens is 358 g/mol. The van der Waals surface area contributed by atoms with Gasteiger partial charge in [0.05, 0.1) is 12.6 Å². The quantitative estimate of drug-likeness (QED) is 0.675. The van der Waals surface area contributed by atoms with Gasteiger partial charge in [-0.05, 0) is 44.2 Å². The van der Waals surface area contributed by atoms with Crippen LogP contribution in [-0.2, 0) is 16.1 Å². The van der Waals surface area contributed by atoms with Crippen LogP contribution in [0.3, 0.4) is 0 Å². The molecule has 8 nitrogen and oxygen atoms in total. The number of benzene rings is 1. The van der Waals surface area contributed by atoms with Crippen molar-refractivity contribution in [2.75, 3.05) is 18.9 Å². The van der Waals surface area contributed by atoms with E-state index in [4.69, 9.17) is 0 Å². The van der Waals surface area contributed by atoms with Gasteiger partial charge in [-0.3, -0.25) is 19.8 Å². The second-order valence-electron chi connectivity index (χ2n) is 6.52. The number of nitrogens with one attached hydrogen (secondary N) is 3. The molecule has 0 fully saturated rings. The fraction of sp³-hybridized carbons (Fsp3) is 0.300. The average molecular weight is 383 g/mol. The normalized spacial score (nSPS) is 11.6. The molecule has 1 heterocycles. The van der Waals surface area contributed by atoms with Gasteiger partial charge in [-0.25, -0.2) is 9.78 Å². The second kappa shape index (κ2) is 10.2. The summed E-state index contributed by atoms with van der Waals surface area (Å²) in [6.45, 7) is 3.82. The third-order valence-corrected chi connectivity index (χ3v) is 4.15. The predicted octanol–water partition coefficient (Wildman–Crippen LogP) is 1.67. The molecular formula is C20H25N5O3. The van der Waals surface area contributed by atoms with Crippen molar-refractivity contribution in [1.82, 2.24) is 20.5 Å². The molecule has 3 N–H and O–H groups in total. The van der Waals surface area contributed by atoms with Crippen LogP contribution in [0.15, 0.2) is 48.7 Å². The zero-order valence-electron chi connectivity index (χ0n) is 16.2. The van der Waals surface area contributed by atoms with Crippen LogP contribution in [0.5, 0.6) is 0 Å². The fourth-order valence-corrected chi connectivity index (χ4v) is 2.39. The molecule has 0 spiro atoms. The molecule has 28 heavy (non-hydrogen) atoms. The zero-order valence-corrected chi connectivity index (χ0v) is 16.2. The Morgan fingerprint density at radius 1 is 1.14 bits per heavy atom. The molecule has 8 heteroatoms. The predicted molar refractivity (Wildman–Crippen MR) is 107 cm³/mol. The lowest BCUT2D eigenvalue weighted by molar-refractivity contribution is -0.125. The van der Waals surface area contributed by atoms with Gasteiger partial charge in [0.15, 0.2) is 0 Å². The number of pyridine rings is 1. The first kappa shape index (κ1) is 21.0. The smallest absolute Gasteiger partial charge is 0.321 e. The van der Waals surface area contributed by atoms with Crippen LogP contribution in [0.25, 0.3) is 0 Å². The van der Waals surface area contributed by atoms with Crippen molar-refractivity contribution in [2.45, 2.75) is 26.4 Å². The van der Waals surface area contributed by atoms with Crippen LogP contribution in [0.4, 0.5) is 10.6 Å². The van der Waals surface area contributed by atoms with Gasteiger partial charge in [-0.2, -0.15) is 0 Å². The summed E-state index contributed by atoms with van der Waals surface area (Å²) in [6.07, 6.45) is 1.61. The maximum atomic E-state index is 12.2. The summed E-state index contributed by atoms with van der Waals surface area (Å²) in [5.41, 5.74) is 1.91. The molecule has 0 aliphatic carbocycles. The van der Waals surface area contributed by atoms with Gasteiger partial charge in [0.2, 0.25) is 11.8 Å². The summed E-state index contributed by atoms with van der Waals surface area (Å²) in [7, 11) is 1.63. The van der Waals surface area contributed by atoms with Crippen molar-refractivity contribution in [3.05, 3.63) is 59.8 Å². The van der Waals surface area contributed by atoms with Crippen molar-refractivity contribution in [1.29, 1.82) is 0 Å². The minimum absolute atomic E-state index is 0.0180. The molecule has 148 valence electrons. The lowest BCUT2D eigenvalue weighted by Gasteiger charge is -2.22. The minimum atomic E-state index is -0.668. The highest BCUT2D eigenvalue weighted by Crippen LogP contribution is 2.05. The number of likely N-dealkylation sites (N-methyl/N-ethyl adjacent to an activating group) is 1. The Bertz CT molecular complexity index is 826. The Morgan fingerprint density at radius 2 is 1.86 bits per heavy atom. The van der Waals surface area contributed by atoms with Crippen LogP contribution >= 0.6 is 0 Å². The zero-order chi connectivity index (χ0) is 20.5. The molecule has 0 aliphatic rings. The highest BCUT2D eigenvalue weighted by Gasteiger charge is 2.22. The second-order valence-corrected chi connectivity index (χ2v) is 6.52. The Labute approximate surface area is 164 Å². The Morgan fingerprint density at radius 3 is 2.54 bits per heavy atom. The first-order chi connectivity index (χ1) is 13.3. The number of amides is 4. The summed E-state index contributed by atoms with van der Waals surface area (Å²) in [5.74, 6) is -0.334. The molecule has 0 saturated heterocycles. The third-order valence-electron chi connectivity index (χ3n) is 4.15. The fourth-order valence-electron chi connectivity index (χ4n) is 2.39. The SMILES string of the molecule is Cc1ccnc(NC(=O)CN(C)C(C)C(=O)NC(=O)NCc2ccccc2)c1. The van der Waals surface area contributed by atoms with Gasteiger partial charge in [-0.1, -0.05) is 30.3 Å². The molecule has 2 aromatic rings. The van der Waals surface area contributed by atoms with Crippen LogP contribution in [0, 0.1) is 6.92 Å². The van der Waals surface area contributed by atoms with Crippen LogP contribution in [-0.4, -0.2) is 47.4 Å². The van der Waals surface area contributed by atoms with Crippen LogP contribution in [0.2, 0.25) is 0 Å². The highest BCUT2D eigenvalue weighted by atomic mass is 16.2. The number of hydrogen-bond donors (Lipinski definition) is 3. The van der Waals surface area contributed by atoms with Crippen LogP contribution < -0.4 is 16.0 Å². The van der Waals surface area contributed by atoms with E-state index in [0.717, 1.165) is 11.1 Å². The lowest BCUT2D eigenvalue weighted by atomic mass is 10.2. The highest BCUT2D eigenvalue weighted by molar-refractivity contribution is 5.97. The first-order valence-corrected chi connectivity index (χ1v) is 8.90. The molecule has 0 bridgehead atoms. The van der Waals surface area contributed by atoms with Gasteiger partial charge < -0.3 is 10.6 Å². The molecule has 1 aromatic carbocycles. The maximum Gasteiger partial charge on any atom is 0.321 e. The third kappa shape index (κ3) is 6.81.